The fourth-order valence-corrected chi connectivity index (χ4v) is 2.97. The standard InChI is InChI=1S/C22H21F2N3O2/c1-14(16-10-11-18(23)19(24)12-16)25-22(29)27(2)13-21(28)26-20-9-5-7-15-6-3-4-8-17(15)20/h3-12,14H,13H2,1-2H3,(H,25,29)(H,26,28)/t14-/m1/s1. The molecule has 3 aromatic carbocycles. The van der Waals surface area contributed by atoms with Crippen LogP contribution in [0.15, 0.2) is 60.7 Å². The molecule has 2 N–H and O–H groups in total. The highest BCUT2D eigenvalue weighted by atomic mass is 19.2. The van der Waals surface area contributed by atoms with Gasteiger partial charge < -0.3 is 15.5 Å². The normalized spacial score (nSPS) is 11.7. The molecule has 0 radical (unpaired) electrons. The van der Waals surface area contributed by atoms with Crippen molar-refractivity contribution in [2.75, 3.05) is 18.9 Å². The Hall–Kier alpha value is -3.48. The van der Waals surface area contributed by atoms with Gasteiger partial charge in [-0.3, -0.25) is 4.79 Å². The third kappa shape index (κ3) is 4.87. The van der Waals surface area contributed by atoms with Crippen LogP contribution in [0.5, 0.6) is 0 Å². The van der Waals surface area contributed by atoms with Crippen molar-refractivity contribution < 1.29 is 18.4 Å². The molecule has 5 nitrogen and oxygen atoms in total. The maximum atomic E-state index is 13.4. The molecule has 3 aromatic rings. The fraction of sp³-hybridized carbons (Fsp3) is 0.182. The zero-order chi connectivity index (χ0) is 21.0. The van der Waals surface area contributed by atoms with Gasteiger partial charge >= 0.3 is 6.03 Å². The number of carbonyl (C=O) groups excluding carboxylic acids is 2. The van der Waals surface area contributed by atoms with E-state index in [1.54, 1.807) is 13.0 Å². The molecule has 0 spiro atoms. The number of anilines is 1. The van der Waals surface area contributed by atoms with Crippen LogP contribution in [0, 0.1) is 11.6 Å². The van der Waals surface area contributed by atoms with E-state index < -0.39 is 23.7 Å². The zero-order valence-corrected chi connectivity index (χ0v) is 16.1. The van der Waals surface area contributed by atoms with Crippen LogP contribution >= 0.6 is 0 Å². The highest BCUT2D eigenvalue weighted by molar-refractivity contribution is 6.03. The van der Waals surface area contributed by atoms with Gasteiger partial charge in [-0.15, -0.1) is 0 Å². The molecule has 7 heteroatoms. The van der Waals surface area contributed by atoms with Crippen molar-refractivity contribution in [1.29, 1.82) is 0 Å². The molecule has 0 heterocycles. The summed E-state index contributed by atoms with van der Waals surface area (Å²) in [7, 11) is 1.48. The first kappa shape index (κ1) is 20.3. The number of nitrogens with one attached hydrogen (secondary N) is 2. The van der Waals surface area contributed by atoms with Crippen molar-refractivity contribution in [3.63, 3.8) is 0 Å². The number of nitrogens with zero attached hydrogens (tertiary/aromatic N) is 1. The Morgan fingerprint density at radius 1 is 1.00 bits per heavy atom. The van der Waals surface area contributed by atoms with Crippen LogP contribution in [0.25, 0.3) is 10.8 Å². The topological polar surface area (TPSA) is 61.4 Å². The second kappa shape index (κ2) is 8.68. The minimum atomic E-state index is -0.980. The predicted molar refractivity (Wildman–Crippen MR) is 109 cm³/mol. The molecule has 0 aliphatic heterocycles. The van der Waals surface area contributed by atoms with Crippen LogP contribution in [-0.2, 0) is 4.79 Å². The van der Waals surface area contributed by atoms with Gasteiger partial charge in [0.25, 0.3) is 0 Å². The van der Waals surface area contributed by atoms with Crippen molar-refractivity contribution in [3.8, 4) is 0 Å². The Labute approximate surface area is 167 Å². The second-order valence-corrected chi connectivity index (χ2v) is 6.78. The molecule has 3 rings (SSSR count). The van der Waals surface area contributed by atoms with E-state index >= 15 is 0 Å². The van der Waals surface area contributed by atoms with Gasteiger partial charge in [0.15, 0.2) is 11.6 Å². The summed E-state index contributed by atoms with van der Waals surface area (Å²) in [4.78, 5) is 25.9. The summed E-state index contributed by atoms with van der Waals surface area (Å²) >= 11 is 0. The van der Waals surface area contributed by atoms with Crippen molar-refractivity contribution in [1.82, 2.24) is 10.2 Å². The molecule has 0 fully saturated rings. The molecule has 0 aliphatic carbocycles. The lowest BCUT2D eigenvalue weighted by Gasteiger charge is -2.21. The Bertz CT molecular complexity index is 1050. The van der Waals surface area contributed by atoms with Crippen LogP contribution in [-0.4, -0.2) is 30.4 Å². The minimum absolute atomic E-state index is 0.167. The van der Waals surface area contributed by atoms with Crippen LogP contribution in [0.4, 0.5) is 19.3 Å². The van der Waals surface area contributed by atoms with Crippen molar-refractivity contribution >= 4 is 28.4 Å². The van der Waals surface area contributed by atoms with Gasteiger partial charge in [-0.2, -0.15) is 0 Å². The summed E-state index contributed by atoms with van der Waals surface area (Å²) in [5, 5.41) is 7.38. The van der Waals surface area contributed by atoms with Crippen molar-refractivity contribution in [3.05, 3.63) is 77.9 Å². The van der Waals surface area contributed by atoms with E-state index in [2.05, 4.69) is 10.6 Å². The molecule has 0 unspecified atom stereocenters. The van der Waals surface area contributed by atoms with Crippen LogP contribution in [0.1, 0.15) is 18.5 Å². The highest BCUT2D eigenvalue weighted by Gasteiger charge is 2.17. The SMILES string of the molecule is C[C@@H](NC(=O)N(C)CC(=O)Nc1cccc2ccccc12)c1ccc(F)c(F)c1. The van der Waals surface area contributed by atoms with Crippen molar-refractivity contribution in [2.45, 2.75) is 13.0 Å². The minimum Gasteiger partial charge on any atom is -0.331 e. The molecule has 0 saturated carbocycles. The lowest BCUT2D eigenvalue weighted by molar-refractivity contribution is -0.116. The molecule has 0 aliphatic rings. The molecule has 0 aromatic heterocycles. The van der Waals surface area contributed by atoms with Gasteiger partial charge in [-0.25, -0.2) is 13.6 Å². The summed E-state index contributed by atoms with van der Waals surface area (Å²) in [6.45, 7) is 1.48. The van der Waals surface area contributed by atoms with E-state index in [0.717, 1.165) is 22.9 Å². The number of carbonyl (C=O) groups is 2. The molecular formula is C22H21F2N3O2. The highest BCUT2D eigenvalue weighted by Crippen LogP contribution is 2.23. The number of amides is 3. The zero-order valence-electron chi connectivity index (χ0n) is 16.1. The third-order valence-corrected chi connectivity index (χ3v) is 4.57. The van der Waals surface area contributed by atoms with E-state index in [1.165, 1.54) is 18.0 Å². The third-order valence-electron chi connectivity index (χ3n) is 4.57. The van der Waals surface area contributed by atoms with Crippen LogP contribution in [0.3, 0.4) is 0 Å². The number of halogens is 2. The molecule has 0 bridgehead atoms. The first-order valence-electron chi connectivity index (χ1n) is 9.09. The van der Waals surface area contributed by atoms with Crippen LogP contribution in [0.2, 0.25) is 0 Å². The quantitative estimate of drug-likeness (QED) is 0.668. The van der Waals surface area contributed by atoms with E-state index in [1.807, 2.05) is 36.4 Å². The average molecular weight is 397 g/mol. The molecule has 3 amide bonds. The van der Waals surface area contributed by atoms with Gasteiger partial charge in [-0.1, -0.05) is 42.5 Å². The number of rotatable bonds is 5. The maximum Gasteiger partial charge on any atom is 0.318 e. The first-order valence-corrected chi connectivity index (χ1v) is 9.09. The van der Waals surface area contributed by atoms with Gasteiger partial charge in [0.1, 0.15) is 6.54 Å². The second-order valence-electron chi connectivity index (χ2n) is 6.78. The summed E-state index contributed by atoms with van der Waals surface area (Å²) in [5.41, 5.74) is 1.09. The Morgan fingerprint density at radius 3 is 2.48 bits per heavy atom. The smallest absolute Gasteiger partial charge is 0.318 e. The first-order chi connectivity index (χ1) is 13.8. The Morgan fingerprint density at radius 2 is 1.72 bits per heavy atom. The van der Waals surface area contributed by atoms with E-state index in [4.69, 9.17) is 0 Å². The number of urea groups is 1. The van der Waals surface area contributed by atoms with E-state index in [-0.39, 0.29) is 12.5 Å². The lowest BCUT2D eigenvalue weighted by atomic mass is 10.1. The van der Waals surface area contributed by atoms with Gasteiger partial charge in [0.05, 0.1) is 6.04 Å². The maximum absolute atomic E-state index is 13.4. The van der Waals surface area contributed by atoms with Crippen LogP contribution < -0.4 is 10.6 Å². The molecule has 29 heavy (non-hydrogen) atoms. The Balaban J connectivity index is 1.60. The number of fused-ring (bicyclic) bond motifs is 1. The summed E-state index contributed by atoms with van der Waals surface area (Å²) in [6.07, 6.45) is 0. The van der Waals surface area contributed by atoms with E-state index in [9.17, 15) is 18.4 Å². The average Bonchev–Trinajstić information content (AvgIpc) is 2.70. The Kier molecular flexibility index (Phi) is 6.07. The monoisotopic (exact) mass is 397 g/mol. The predicted octanol–water partition coefficient (Wildman–Crippen LogP) is 4.46. The van der Waals surface area contributed by atoms with E-state index in [0.29, 0.717) is 11.3 Å². The fourth-order valence-electron chi connectivity index (χ4n) is 2.97. The summed E-state index contributed by atoms with van der Waals surface area (Å²) < 4.78 is 26.4. The van der Waals surface area contributed by atoms with Gasteiger partial charge in [0.2, 0.25) is 5.91 Å². The van der Waals surface area contributed by atoms with Gasteiger partial charge in [-0.05, 0) is 36.1 Å². The molecule has 0 saturated heterocycles. The molecule has 150 valence electrons. The largest absolute Gasteiger partial charge is 0.331 e. The number of hydrogen-bond donors (Lipinski definition) is 2. The summed E-state index contributed by atoms with van der Waals surface area (Å²) in [5.74, 6) is -2.28. The number of hydrogen-bond acceptors (Lipinski definition) is 2. The number of likely N-dealkylation sites (N-methyl/N-ethyl adjacent to an activating group) is 1. The van der Waals surface area contributed by atoms with Crippen molar-refractivity contribution in [2.24, 2.45) is 0 Å². The lowest BCUT2D eigenvalue weighted by Crippen LogP contribution is -2.42. The molecular weight excluding hydrogens is 376 g/mol. The summed E-state index contributed by atoms with van der Waals surface area (Å²) in [6, 6.07) is 15.6. The molecule has 1 atom stereocenters. The van der Waals surface area contributed by atoms with Gasteiger partial charge in [0, 0.05) is 18.1 Å². The number of benzene rings is 3.